The molecule has 2 aromatic rings. The van der Waals surface area contributed by atoms with Crippen molar-refractivity contribution in [2.75, 3.05) is 39.4 Å². The highest BCUT2D eigenvalue weighted by Crippen LogP contribution is 2.27. The second kappa shape index (κ2) is 10.6. The Bertz CT molecular complexity index is 923. The van der Waals surface area contributed by atoms with Gasteiger partial charge in [-0.25, -0.2) is 4.39 Å². The zero-order valence-corrected chi connectivity index (χ0v) is 18.1. The Hall–Kier alpha value is -2.93. The quantitative estimate of drug-likeness (QED) is 0.691. The van der Waals surface area contributed by atoms with E-state index in [1.54, 1.807) is 28.0 Å². The molecule has 0 saturated carbocycles. The highest BCUT2D eigenvalue weighted by atomic mass is 19.1. The van der Waals surface area contributed by atoms with E-state index in [-0.39, 0.29) is 30.0 Å². The molecule has 0 bridgehead atoms. The number of nitrogens with zero attached hydrogens (tertiary/aromatic N) is 2. The molecule has 2 atom stereocenters. The van der Waals surface area contributed by atoms with Gasteiger partial charge < -0.3 is 19.3 Å². The second-order valence-electron chi connectivity index (χ2n) is 8.26. The first-order valence-electron chi connectivity index (χ1n) is 11.2. The Morgan fingerprint density at radius 3 is 2.59 bits per heavy atom. The summed E-state index contributed by atoms with van der Waals surface area (Å²) in [6.07, 6.45) is 1.36. The number of carbonyl (C=O) groups is 2. The van der Waals surface area contributed by atoms with Crippen LogP contribution in [0.4, 0.5) is 4.39 Å². The van der Waals surface area contributed by atoms with Crippen molar-refractivity contribution in [1.29, 1.82) is 0 Å². The molecule has 7 heteroatoms. The molecular weight excluding hydrogens is 411 g/mol. The van der Waals surface area contributed by atoms with Crippen LogP contribution in [0.25, 0.3) is 0 Å². The van der Waals surface area contributed by atoms with E-state index in [9.17, 15) is 14.0 Å². The lowest BCUT2D eigenvalue weighted by Gasteiger charge is -2.38. The first-order valence-corrected chi connectivity index (χ1v) is 11.2. The maximum absolute atomic E-state index is 14.2. The van der Waals surface area contributed by atoms with Crippen molar-refractivity contribution < 1.29 is 23.5 Å². The van der Waals surface area contributed by atoms with Gasteiger partial charge in [-0.05, 0) is 31.0 Å². The number of rotatable bonds is 6. The lowest BCUT2D eigenvalue weighted by Crippen LogP contribution is -2.50. The normalized spacial score (nSPS) is 21.3. The van der Waals surface area contributed by atoms with Crippen molar-refractivity contribution in [2.45, 2.75) is 25.4 Å². The van der Waals surface area contributed by atoms with Crippen LogP contribution in [0.15, 0.2) is 54.6 Å². The summed E-state index contributed by atoms with van der Waals surface area (Å²) in [7, 11) is 0. The number of halogens is 1. The number of amides is 2. The summed E-state index contributed by atoms with van der Waals surface area (Å²) in [6.45, 7) is 2.58. The molecule has 2 aliphatic rings. The van der Waals surface area contributed by atoms with E-state index >= 15 is 0 Å². The van der Waals surface area contributed by atoms with Gasteiger partial charge in [-0.1, -0.05) is 36.4 Å². The second-order valence-corrected chi connectivity index (χ2v) is 8.26. The molecule has 2 aromatic carbocycles. The number of ether oxygens (including phenoxy) is 2. The minimum atomic E-state index is -0.467. The topological polar surface area (TPSA) is 59.1 Å². The summed E-state index contributed by atoms with van der Waals surface area (Å²) in [4.78, 5) is 29.4. The minimum absolute atomic E-state index is 0.00430. The van der Waals surface area contributed by atoms with Gasteiger partial charge in [0.15, 0.2) is 0 Å². The molecule has 6 nitrogen and oxygen atoms in total. The minimum Gasteiger partial charge on any atom is -0.493 e. The van der Waals surface area contributed by atoms with Crippen molar-refractivity contribution in [3.63, 3.8) is 0 Å². The largest absolute Gasteiger partial charge is 0.493 e. The fourth-order valence-corrected chi connectivity index (χ4v) is 4.37. The predicted molar refractivity (Wildman–Crippen MR) is 118 cm³/mol. The fourth-order valence-electron chi connectivity index (χ4n) is 4.37. The number of likely N-dealkylation sites (tertiary alicyclic amines) is 1. The van der Waals surface area contributed by atoms with Crippen molar-refractivity contribution in [3.8, 4) is 5.75 Å². The van der Waals surface area contributed by atoms with E-state index in [0.717, 1.165) is 18.6 Å². The van der Waals surface area contributed by atoms with Gasteiger partial charge in [-0.2, -0.15) is 0 Å². The molecule has 0 aliphatic carbocycles. The summed E-state index contributed by atoms with van der Waals surface area (Å²) in [5, 5.41) is 0. The van der Waals surface area contributed by atoms with Crippen LogP contribution in [0.1, 0.15) is 30.9 Å². The maximum atomic E-state index is 14.2. The molecule has 0 aromatic heterocycles. The number of carbonyl (C=O) groups excluding carboxylic acids is 2. The standard InChI is InChI=1S/C25H29FN2O4/c26-22-11-5-4-10-21(22)23-18-28(14-16-32-23)25(30)19-7-6-13-27(17-19)24(29)12-15-31-20-8-2-1-3-9-20/h1-5,8-11,19,23H,6-7,12-18H2. The molecule has 2 unspecified atom stereocenters. The summed E-state index contributed by atoms with van der Waals surface area (Å²) in [6, 6.07) is 15.9. The SMILES string of the molecule is O=C(CCOc1ccccc1)N1CCCC(C(=O)N2CCOC(c3ccccc3F)C2)C1. The molecule has 0 N–H and O–H groups in total. The third-order valence-electron chi connectivity index (χ3n) is 6.08. The summed E-state index contributed by atoms with van der Waals surface area (Å²) >= 11 is 0. The van der Waals surface area contributed by atoms with Gasteiger partial charge in [-0.3, -0.25) is 9.59 Å². The Morgan fingerprint density at radius 1 is 1.00 bits per heavy atom. The predicted octanol–water partition coefficient (Wildman–Crippen LogP) is 3.43. The molecule has 2 saturated heterocycles. The van der Waals surface area contributed by atoms with Gasteiger partial charge in [0.2, 0.25) is 11.8 Å². The average Bonchev–Trinajstić information content (AvgIpc) is 2.84. The number of hydrogen-bond donors (Lipinski definition) is 0. The van der Waals surface area contributed by atoms with Crippen molar-refractivity contribution >= 4 is 11.8 Å². The Labute approximate surface area is 187 Å². The van der Waals surface area contributed by atoms with Gasteiger partial charge in [-0.15, -0.1) is 0 Å². The van der Waals surface area contributed by atoms with Crippen molar-refractivity contribution in [3.05, 3.63) is 66.0 Å². The van der Waals surface area contributed by atoms with Gasteiger partial charge in [0, 0.05) is 25.2 Å². The Morgan fingerprint density at radius 2 is 1.78 bits per heavy atom. The average molecular weight is 441 g/mol. The summed E-state index contributed by atoms with van der Waals surface area (Å²) in [5.74, 6) is 0.210. The monoisotopic (exact) mass is 440 g/mol. The van der Waals surface area contributed by atoms with E-state index in [4.69, 9.17) is 9.47 Å². The molecule has 2 amide bonds. The fraction of sp³-hybridized carbons (Fsp3) is 0.440. The van der Waals surface area contributed by atoms with E-state index in [1.807, 2.05) is 30.3 Å². The van der Waals surface area contributed by atoms with E-state index < -0.39 is 6.10 Å². The zero-order valence-electron chi connectivity index (χ0n) is 18.1. The highest BCUT2D eigenvalue weighted by Gasteiger charge is 2.34. The Balaban J connectivity index is 1.30. The van der Waals surface area contributed by atoms with Gasteiger partial charge in [0.05, 0.1) is 32.1 Å². The number of hydrogen-bond acceptors (Lipinski definition) is 4. The van der Waals surface area contributed by atoms with Crippen LogP contribution in [-0.4, -0.2) is 61.0 Å². The lowest BCUT2D eigenvalue weighted by atomic mass is 9.95. The molecule has 170 valence electrons. The maximum Gasteiger partial charge on any atom is 0.227 e. The first kappa shape index (κ1) is 22.3. The van der Waals surface area contributed by atoms with Crippen molar-refractivity contribution in [2.24, 2.45) is 5.92 Å². The molecule has 0 radical (unpaired) electrons. The number of piperidine rings is 1. The number of morpholine rings is 1. The third-order valence-corrected chi connectivity index (χ3v) is 6.08. The van der Waals surface area contributed by atoms with E-state index in [2.05, 4.69) is 0 Å². The third kappa shape index (κ3) is 5.46. The highest BCUT2D eigenvalue weighted by molar-refractivity contribution is 5.81. The van der Waals surface area contributed by atoms with Crippen LogP contribution in [-0.2, 0) is 14.3 Å². The summed E-state index contributed by atoms with van der Waals surface area (Å²) < 4.78 is 25.5. The van der Waals surface area contributed by atoms with E-state index in [1.165, 1.54) is 6.07 Å². The lowest BCUT2D eigenvalue weighted by molar-refractivity contribution is -0.147. The van der Waals surface area contributed by atoms with Crippen LogP contribution in [0, 0.1) is 11.7 Å². The van der Waals surface area contributed by atoms with Crippen LogP contribution in [0.2, 0.25) is 0 Å². The van der Waals surface area contributed by atoms with Gasteiger partial charge >= 0.3 is 0 Å². The number of para-hydroxylation sites is 1. The first-order chi connectivity index (χ1) is 15.6. The van der Waals surface area contributed by atoms with Crippen LogP contribution < -0.4 is 4.74 Å². The van der Waals surface area contributed by atoms with Crippen LogP contribution >= 0.6 is 0 Å². The van der Waals surface area contributed by atoms with E-state index in [0.29, 0.717) is 45.0 Å². The van der Waals surface area contributed by atoms with Crippen LogP contribution in [0.3, 0.4) is 0 Å². The molecule has 2 fully saturated rings. The van der Waals surface area contributed by atoms with Crippen molar-refractivity contribution in [1.82, 2.24) is 9.80 Å². The van der Waals surface area contributed by atoms with Gasteiger partial charge in [0.1, 0.15) is 17.7 Å². The Kier molecular flexibility index (Phi) is 7.37. The number of benzene rings is 2. The summed E-state index contributed by atoms with van der Waals surface area (Å²) in [5.41, 5.74) is 0.476. The van der Waals surface area contributed by atoms with Crippen LogP contribution in [0.5, 0.6) is 5.75 Å². The molecular formula is C25H29FN2O4. The molecule has 0 spiro atoms. The van der Waals surface area contributed by atoms with Gasteiger partial charge in [0.25, 0.3) is 0 Å². The smallest absolute Gasteiger partial charge is 0.227 e. The zero-order chi connectivity index (χ0) is 22.3. The molecule has 2 heterocycles. The molecule has 32 heavy (non-hydrogen) atoms. The molecule has 2 aliphatic heterocycles. The molecule has 4 rings (SSSR count).